The van der Waals surface area contributed by atoms with Gasteiger partial charge in [0, 0.05) is 93.2 Å². The Bertz CT molecular complexity index is 3780. The highest BCUT2D eigenvalue weighted by atomic mass is 32.1. The lowest BCUT2D eigenvalue weighted by molar-refractivity contribution is -0.150. The minimum Gasteiger partial charge on any atom is -0.508 e. The zero-order valence-electron chi connectivity index (χ0n) is 58.6. The minimum absolute atomic E-state index is 0.0772. The van der Waals surface area contributed by atoms with Crippen LogP contribution in [-0.4, -0.2) is 233 Å². The van der Waals surface area contributed by atoms with Gasteiger partial charge in [-0.1, -0.05) is 25.0 Å². The van der Waals surface area contributed by atoms with Crippen molar-refractivity contribution >= 4 is 94.0 Å². The van der Waals surface area contributed by atoms with Crippen LogP contribution in [0.2, 0.25) is 0 Å². The number of fused-ring (bicyclic) bond motifs is 9. The molecule has 8 atom stereocenters. The molecule has 4 saturated heterocycles. The number of aromatic hydroxyl groups is 2. The largest absolute Gasteiger partial charge is 0.508 e. The second kappa shape index (κ2) is 34.6. The van der Waals surface area contributed by atoms with Crippen molar-refractivity contribution in [2.24, 2.45) is 5.73 Å². The van der Waals surface area contributed by atoms with E-state index in [0.29, 0.717) is 118 Å². The summed E-state index contributed by atoms with van der Waals surface area (Å²) in [6.07, 6.45) is 9.99. The Labute approximate surface area is 607 Å². The molecule has 4 fully saturated rings. The molecule has 7 aliphatic heterocycles. The molecule has 3 aromatic carbocycles. The average Bonchev–Trinajstić information content (AvgIpc) is 1.44. The zero-order chi connectivity index (χ0) is 74.5. The lowest BCUT2D eigenvalue weighted by Gasteiger charge is -2.36. The second-order valence-corrected chi connectivity index (χ2v) is 28.2. The van der Waals surface area contributed by atoms with Crippen LogP contribution in [0.15, 0.2) is 66.7 Å². The Morgan fingerprint density at radius 2 is 1.32 bits per heavy atom. The highest BCUT2D eigenvalue weighted by Gasteiger charge is 2.54. The van der Waals surface area contributed by atoms with Crippen molar-refractivity contribution in [2.75, 3.05) is 64.2 Å². The van der Waals surface area contributed by atoms with Crippen molar-refractivity contribution < 1.29 is 87.4 Å². The fourth-order valence-corrected chi connectivity index (χ4v) is 15.3. The summed E-state index contributed by atoms with van der Waals surface area (Å²) in [7, 11) is 0. The number of benzene rings is 3. The maximum absolute atomic E-state index is 14.9. The molecular weight excluding hydrogens is 1360 g/mol. The van der Waals surface area contributed by atoms with Gasteiger partial charge in [-0.15, -0.1) is 0 Å². The number of likely N-dealkylation sites (tertiary alicyclic amines) is 1. The van der Waals surface area contributed by atoms with Gasteiger partial charge >= 0.3 is 11.9 Å². The third-order valence-corrected chi connectivity index (χ3v) is 20.7. The number of ether oxygens (including phenoxy) is 2. The van der Waals surface area contributed by atoms with Crippen LogP contribution >= 0.6 is 12.2 Å². The molecule has 0 saturated carbocycles. The Morgan fingerprint density at radius 1 is 0.683 bits per heavy atom. The summed E-state index contributed by atoms with van der Waals surface area (Å²) in [5.74, 6) is -7.66. The first-order chi connectivity index (χ1) is 49.8. The van der Waals surface area contributed by atoms with E-state index in [2.05, 4.69) is 26.6 Å². The van der Waals surface area contributed by atoms with E-state index in [9.17, 15) is 78.0 Å². The fourth-order valence-electron chi connectivity index (χ4n) is 15.1. The van der Waals surface area contributed by atoms with E-state index in [4.69, 9.17) is 27.4 Å². The van der Waals surface area contributed by atoms with Gasteiger partial charge in [0.2, 0.25) is 59.1 Å². The van der Waals surface area contributed by atoms with Gasteiger partial charge in [0.05, 0.1) is 24.8 Å². The lowest BCUT2D eigenvalue weighted by atomic mass is 9.77. The van der Waals surface area contributed by atoms with E-state index in [1.54, 1.807) is 35.2 Å². The number of phenols is 2. The van der Waals surface area contributed by atoms with E-state index in [1.807, 2.05) is 12.2 Å². The normalized spacial score (nSPS) is 23.7. The number of nitrogens with two attached hydrogens (primary N) is 1. The molecule has 7 aliphatic rings. The molecule has 0 unspecified atom stereocenters. The predicted molar refractivity (Wildman–Crippen MR) is 379 cm³/mol. The number of nitrogens with zero attached hydrogens (tertiary/aromatic N) is 6. The third-order valence-electron chi connectivity index (χ3n) is 20.4. The summed E-state index contributed by atoms with van der Waals surface area (Å²) >= 11 is 5.69. The van der Waals surface area contributed by atoms with Crippen LogP contribution in [0.5, 0.6) is 23.0 Å². The van der Waals surface area contributed by atoms with E-state index < -0.39 is 139 Å². The van der Waals surface area contributed by atoms with Gasteiger partial charge in [-0.3, -0.25) is 52.7 Å². The molecule has 0 radical (unpaired) electrons. The summed E-state index contributed by atoms with van der Waals surface area (Å²) in [6.45, 7) is 3.17. The summed E-state index contributed by atoms with van der Waals surface area (Å²) < 4.78 is 12.3. The van der Waals surface area contributed by atoms with Crippen LogP contribution < -0.4 is 37.1 Å². The van der Waals surface area contributed by atoms with Crippen LogP contribution in [0.3, 0.4) is 0 Å². The minimum atomic E-state index is -1.60. The van der Waals surface area contributed by atoms with Crippen molar-refractivity contribution in [1.29, 1.82) is 0 Å². The molecule has 1 spiro atoms. The zero-order valence-corrected chi connectivity index (χ0v) is 59.5. The SMILES string of the molecule is C[C@@H]1NC(=O)[C@H]([C@@H](C)O)NC(=O)[C@@H]2CCCN2C(=O)CN(C(=O)[C@@H]2CCCN2C(=O)CCCCNC(=S)Nc2ccc3c(c2)C2(OC3=O)c3ccc(O)cc3Oc3cc(O)ccc32)CCC/C=C\CCCCCCN(CC(=O)N[C@@H](CCC(=O)O)C(N)=O)C(=O)[C@@H]2CCCN2C(=O)[C@@H]2CCCN2C1=O. The third kappa shape index (κ3) is 17.8. The number of carboxylic acids is 1. The fraction of sp³-hybridized carbons (Fsp3) is 0.548. The Kier molecular flexibility index (Phi) is 25.5. The van der Waals surface area contributed by atoms with Crippen LogP contribution in [0, 0.1) is 0 Å². The number of aliphatic hydroxyl groups excluding tert-OH is 1. The number of anilines is 1. The number of esters is 1. The lowest BCUT2D eigenvalue weighted by Crippen LogP contribution is -2.60. The van der Waals surface area contributed by atoms with Crippen molar-refractivity contribution in [3.63, 3.8) is 0 Å². The Balaban J connectivity index is 0.781. The quantitative estimate of drug-likeness (QED) is 0.0452. The van der Waals surface area contributed by atoms with E-state index in [-0.39, 0.29) is 98.8 Å². The number of amides is 10. The molecule has 560 valence electrons. The molecule has 104 heavy (non-hydrogen) atoms. The predicted octanol–water partition coefficient (Wildman–Crippen LogP) is 3.25. The molecule has 0 aliphatic carbocycles. The number of allylic oxidation sites excluding steroid dienone is 2. The first-order valence-electron chi connectivity index (χ1n) is 36.1. The molecule has 11 N–H and O–H groups in total. The number of carbonyl (C=O) groups excluding carboxylic acids is 11. The molecule has 3 aromatic rings. The molecule has 30 nitrogen and oxygen atoms in total. The van der Waals surface area contributed by atoms with Crippen molar-refractivity contribution in [1.82, 2.24) is 50.7 Å². The molecule has 0 aromatic heterocycles. The number of aliphatic hydroxyl groups is 1. The van der Waals surface area contributed by atoms with Crippen LogP contribution in [0.1, 0.15) is 169 Å². The smallest absolute Gasteiger partial charge is 0.340 e. The van der Waals surface area contributed by atoms with Gasteiger partial charge in [-0.2, -0.15) is 0 Å². The molecule has 0 bridgehead atoms. The molecule has 7 heterocycles. The Hall–Kier alpha value is -9.91. The van der Waals surface area contributed by atoms with Gasteiger partial charge in [0.25, 0.3) is 0 Å². The standard InChI is InChI=1S/C73H94N12O18S/c1-43-67(97)84-36-17-21-56(84)70(100)85-37-16-20-55(85)69(99)80(41-59(89)78-52(64(74)94)29-30-62(92)93)32-12-8-6-4-3-5-7-9-13-33-81(42-61(91)82-34-14-18-53(82)65(95)79-63(44(2)86)66(96)76-43)68(98)54-19-15-35-83(54)60(90)22-10-11-31-75-72(104)77-45-23-26-48-51(38-45)73(103-71(48)101)49-27-24-46(87)39-57(49)102-58-40-47(88)25-28-50(58)73/h5,7,23-28,38-40,43-44,52-56,63,86-88H,3-4,6,8-22,29-37,41-42H2,1-2H3,(H2,74,94)(H,76,96)(H,78,89)(H,79,95)(H,92,93)(H2,75,77,104)/b7-5-/t43-,44+,52-,53-,54-,55-,56-,63-/m0/s1. The van der Waals surface area contributed by atoms with Crippen LogP contribution in [0.25, 0.3) is 0 Å². The number of aliphatic carboxylic acids is 1. The summed E-state index contributed by atoms with van der Waals surface area (Å²) in [5.41, 5.74) is 6.26. The van der Waals surface area contributed by atoms with Crippen LogP contribution in [-0.2, 0) is 63.1 Å². The number of primary amides is 1. The molecule has 10 amide bonds. The van der Waals surface area contributed by atoms with E-state index in [1.165, 1.54) is 62.6 Å². The first-order valence-corrected chi connectivity index (χ1v) is 36.5. The summed E-state index contributed by atoms with van der Waals surface area (Å²) in [4.78, 5) is 174. The van der Waals surface area contributed by atoms with E-state index >= 15 is 0 Å². The summed E-state index contributed by atoms with van der Waals surface area (Å²) in [6, 6.07) is 5.88. The molecule has 10 rings (SSSR count). The number of carboxylic acid groups (broad SMARTS) is 1. The highest BCUT2D eigenvalue weighted by Crippen LogP contribution is 2.57. The maximum atomic E-state index is 14.9. The highest BCUT2D eigenvalue weighted by molar-refractivity contribution is 7.80. The molecule has 31 heteroatoms. The number of hydrogen-bond donors (Lipinski definition) is 10. The number of nitrogens with one attached hydrogen (secondary N) is 5. The maximum Gasteiger partial charge on any atom is 0.340 e. The monoisotopic (exact) mass is 1460 g/mol. The average molecular weight is 1460 g/mol. The first kappa shape index (κ1) is 76.7. The van der Waals surface area contributed by atoms with Gasteiger partial charge in [-0.05, 0) is 171 Å². The van der Waals surface area contributed by atoms with Crippen molar-refractivity contribution in [3.8, 4) is 23.0 Å². The second-order valence-electron chi connectivity index (χ2n) is 27.7. The van der Waals surface area contributed by atoms with Gasteiger partial charge in [0.1, 0.15) is 65.3 Å². The number of phenolic OH excluding ortho intramolecular Hbond substituents is 2. The van der Waals surface area contributed by atoms with Crippen molar-refractivity contribution in [2.45, 2.75) is 196 Å². The number of unbranched alkanes of at least 4 members (excludes halogenated alkanes) is 1. The summed E-state index contributed by atoms with van der Waals surface area (Å²) in [5, 5.41) is 55.2. The number of thiocarbonyl (C=S) groups is 1. The molecular formula is C73H94N12O18S. The van der Waals surface area contributed by atoms with Crippen LogP contribution in [0.4, 0.5) is 5.69 Å². The van der Waals surface area contributed by atoms with E-state index in [0.717, 1.165) is 12.8 Å². The van der Waals surface area contributed by atoms with Gasteiger partial charge in [-0.25, -0.2) is 4.79 Å². The Morgan fingerprint density at radius 3 is 1.99 bits per heavy atom. The number of rotatable bonds is 15. The number of hydrogen-bond acceptors (Lipinski definition) is 18. The topological polar surface area (TPSA) is 410 Å². The van der Waals surface area contributed by atoms with Crippen molar-refractivity contribution in [3.05, 3.63) is 89.0 Å². The van der Waals surface area contributed by atoms with Gasteiger partial charge < -0.3 is 91.6 Å². The number of carbonyl (C=O) groups is 12. The van der Waals surface area contributed by atoms with Gasteiger partial charge in [0.15, 0.2) is 10.7 Å².